The Hall–Kier alpha value is -0.550. The van der Waals surface area contributed by atoms with Crippen LogP contribution in [0.3, 0.4) is 0 Å². The molecule has 1 aromatic heterocycles. The first-order chi connectivity index (χ1) is 6.26. The standard InChI is InChI=1S/C8H15N3OS/c1-3-6(2)13-5-8-9-7(4-12)10-11-8/h6,12H,3-5H2,1-2H3,(H,9,10,11). The molecule has 0 saturated heterocycles. The van der Waals surface area contributed by atoms with Crippen LogP contribution in [0.5, 0.6) is 0 Å². The molecule has 4 nitrogen and oxygen atoms in total. The predicted octanol–water partition coefficient (Wildman–Crippen LogP) is 1.33. The minimum atomic E-state index is -0.0928. The smallest absolute Gasteiger partial charge is 0.176 e. The van der Waals surface area contributed by atoms with Crippen LogP contribution in [0.15, 0.2) is 0 Å². The van der Waals surface area contributed by atoms with Gasteiger partial charge in [0.05, 0.1) is 5.75 Å². The monoisotopic (exact) mass is 201 g/mol. The van der Waals surface area contributed by atoms with Crippen molar-refractivity contribution < 1.29 is 5.11 Å². The second-order valence-electron chi connectivity index (χ2n) is 2.89. The number of aliphatic hydroxyl groups excluding tert-OH is 1. The van der Waals surface area contributed by atoms with Gasteiger partial charge in [-0.15, -0.1) is 0 Å². The molecule has 0 bridgehead atoms. The molecular weight excluding hydrogens is 186 g/mol. The van der Waals surface area contributed by atoms with Crippen LogP contribution >= 0.6 is 11.8 Å². The van der Waals surface area contributed by atoms with Crippen LogP contribution in [0.4, 0.5) is 0 Å². The lowest BCUT2D eigenvalue weighted by atomic mass is 10.4. The summed E-state index contributed by atoms with van der Waals surface area (Å²) in [6, 6.07) is 0. The summed E-state index contributed by atoms with van der Waals surface area (Å²) in [6.07, 6.45) is 1.16. The molecule has 1 heterocycles. The Balaban J connectivity index is 2.36. The van der Waals surface area contributed by atoms with E-state index >= 15 is 0 Å². The minimum absolute atomic E-state index is 0.0928. The first-order valence-corrected chi connectivity index (χ1v) is 5.43. The van der Waals surface area contributed by atoms with E-state index in [1.54, 1.807) is 0 Å². The summed E-state index contributed by atoms with van der Waals surface area (Å²) in [5.74, 6) is 2.15. The Morgan fingerprint density at radius 2 is 2.38 bits per heavy atom. The molecule has 13 heavy (non-hydrogen) atoms. The second kappa shape index (κ2) is 5.24. The second-order valence-corrected chi connectivity index (χ2v) is 4.31. The third-order valence-corrected chi connectivity index (χ3v) is 3.14. The quantitative estimate of drug-likeness (QED) is 0.754. The fourth-order valence-corrected chi connectivity index (χ4v) is 1.62. The number of aliphatic hydroxyl groups is 1. The molecule has 1 aromatic rings. The zero-order chi connectivity index (χ0) is 9.68. The van der Waals surface area contributed by atoms with Crippen molar-refractivity contribution in [3.05, 3.63) is 11.6 Å². The van der Waals surface area contributed by atoms with Crippen molar-refractivity contribution in [2.45, 2.75) is 37.9 Å². The van der Waals surface area contributed by atoms with Crippen molar-refractivity contribution >= 4 is 11.8 Å². The van der Waals surface area contributed by atoms with Crippen molar-refractivity contribution in [2.75, 3.05) is 0 Å². The lowest BCUT2D eigenvalue weighted by Gasteiger charge is -2.04. The number of aromatic nitrogens is 3. The SMILES string of the molecule is CCC(C)SCc1nc(CO)n[nH]1. The number of nitrogens with one attached hydrogen (secondary N) is 1. The van der Waals surface area contributed by atoms with E-state index in [2.05, 4.69) is 29.0 Å². The molecule has 0 aliphatic carbocycles. The maximum Gasteiger partial charge on any atom is 0.176 e. The van der Waals surface area contributed by atoms with Crippen molar-refractivity contribution in [1.29, 1.82) is 0 Å². The molecule has 1 unspecified atom stereocenters. The number of hydrogen-bond acceptors (Lipinski definition) is 4. The van der Waals surface area contributed by atoms with Crippen LogP contribution in [0, 0.1) is 0 Å². The minimum Gasteiger partial charge on any atom is -0.388 e. The maximum atomic E-state index is 8.72. The Morgan fingerprint density at radius 1 is 1.62 bits per heavy atom. The summed E-state index contributed by atoms with van der Waals surface area (Å²) in [4.78, 5) is 4.10. The van der Waals surface area contributed by atoms with Gasteiger partial charge in [-0.3, -0.25) is 5.10 Å². The van der Waals surface area contributed by atoms with Gasteiger partial charge in [0.2, 0.25) is 0 Å². The molecule has 0 amide bonds. The number of H-pyrrole nitrogens is 1. The number of nitrogens with zero attached hydrogens (tertiary/aromatic N) is 2. The third-order valence-electron chi connectivity index (χ3n) is 1.80. The van der Waals surface area contributed by atoms with Gasteiger partial charge in [0.25, 0.3) is 0 Å². The first-order valence-electron chi connectivity index (χ1n) is 4.38. The summed E-state index contributed by atoms with van der Waals surface area (Å²) in [5, 5.41) is 16.0. The number of aromatic amines is 1. The van der Waals surface area contributed by atoms with Crippen molar-refractivity contribution in [3.63, 3.8) is 0 Å². The molecule has 74 valence electrons. The van der Waals surface area contributed by atoms with Crippen molar-refractivity contribution in [1.82, 2.24) is 15.2 Å². The Bertz CT molecular complexity index is 251. The van der Waals surface area contributed by atoms with E-state index in [9.17, 15) is 0 Å². The topological polar surface area (TPSA) is 61.8 Å². The van der Waals surface area contributed by atoms with E-state index in [1.807, 2.05) is 11.8 Å². The average Bonchev–Trinajstić information content (AvgIpc) is 2.61. The van der Waals surface area contributed by atoms with Gasteiger partial charge in [0.15, 0.2) is 5.82 Å². The Kier molecular flexibility index (Phi) is 4.24. The highest BCUT2D eigenvalue weighted by molar-refractivity contribution is 7.99. The van der Waals surface area contributed by atoms with E-state index in [4.69, 9.17) is 5.11 Å². The fraction of sp³-hybridized carbons (Fsp3) is 0.750. The van der Waals surface area contributed by atoms with E-state index < -0.39 is 0 Å². The van der Waals surface area contributed by atoms with Crippen LogP contribution in [0.2, 0.25) is 0 Å². The summed E-state index contributed by atoms with van der Waals surface area (Å²) in [6.45, 7) is 4.26. The number of rotatable bonds is 5. The van der Waals surface area contributed by atoms with E-state index in [-0.39, 0.29) is 6.61 Å². The maximum absolute atomic E-state index is 8.72. The average molecular weight is 201 g/mol. The van der Waals surface area contributed by atoms with Crippen molar-refractivity contribution in [2.24, 2.45) is 0 Å². The molecule has 0 aliphatic heterocycles. The van der Waals surface area contributed by atoms with Gasteiger partial charge in [-0.05, 0) is 6.42 Å². The molecule has 2 N–H and O–H groups in total. The molecule has 0 aromatic carbocycles. The lowest BCUT2D eigenvalue weighted by Crippen LogP contribution is -1.95. The van der Waals surface area contributed by atoms with Gasteiger partial charge < -0.3 is 5.11 Å². The highest BCUT2D eigenvalue weighted by Crippen LogP contribution is 2.17. The molecule has 1 rings (SSSR count). The number of hydrogen-bond donors (Lipinski definition) is 2. The molecule has 1 atom stereocenters. The largest absolute Gasteiger partial charge is 0.388 e. The number of thioether (sulfide) groups is 1. The summed E-state index contributed by atoms with van der Waals surface area (Å²) in [5.41, 5.74) is 0. The van der Waals surface area contributed by atoms with Gasteiger partial charge in [0, 0.05) is 5.25 Å². The van der Waals surface area contributed by atoms with Gasteiger partial charge >= 0.3 is 0 Å². The molecular formula is C8H15N3OS. The predicted molar refractivity (Wildman–Crippen MR) is 53.4 cm³/mol. The van der Waals surface area contributed by atoms with Gasteiger partial charge in [-0.1, -0.05) is 13.8 Å². The van der Waals surface area contributed by atoms with Crippen molar-refractivity contribution in [3.8, 4) is 0 Å². The third kappa shape index (κ3) is 3.36. The molecule has 0 saturated carbocycles. The first kappa shape index (κ1) is 10.5. The Morgan fingerprint density at radius 3 is 2.92 bits per heavy atom. The van der Waals surface area contributed by atoms with Crippen LogP contribution < -0.4 is 0 Å². The fourth-order valence-electron chi connectivity index (χ4n) is 0.809. The summed E-state index contributed by atoms with van der Waals surface area (Å²) < 4.78 is 0. The van der Waals surface area contributed by atoms with Crippen LogP contribution in [-0.2, 0) is 12.4 Å². The van der Waals surface area contributed by atoms with E-state index in [1.165, 1.54) is 0 Å². The molecule has 0 spiro atoms. The zero-order valence-electron chi connectivity index (χ0n) is 7.95. The lowest BCUT2D eigenvalue weighted by molar-refractivity contribution is 0.272. The van der Waals surface area contributed by atoms with Crippen LogP contribution in [0.25, 0.3) is 0 Å². The molecule has 0 fully saturated rings. The van der Waals surface area contributed by atoms with Crippen LogP contribution in [0.1, 0.15) is 31.9 Å². The van der Waals surface area contributed by atoms with E-state index in [0.717, 1.165) is 18.0 Å². The van der Waals surface area contributed by atoms with E-state index in [0.29, 0.717) is 11.1 Å². The summed E-state index contributed by atoms with van der Waals surface area (Å²) >= 11 is 1.84. The highest BCUT2D eigenvalue weighted by Gasteiger charge is 2.04. The van der Waals surface area contributed by atoms with Gasteiger partial charge in [0.1, 0.15) is 12.4 Å². The van der Waals surface area contributed by atoms with Crippen LogP contribution in [-0.4, -0.2) is 25.5 Å². The Labute approximate surface area is 82.2 Å². The van der Waals surface area contributed by atoms with Gasteiger partial charge in [-0.25, -0.2) is 4.98 Å². The molecule has 0 aliphatic rings. The van der Waals surface area contributed by atoms with Gasteiger partial charge in [-0.2, -0.15) is 16.9 Å². The molecule has 0 radical (unpaired) electrons. The normalized spacial score (nSPS) is 13.2. The highest BCUT2D eigenvalue weighted by atomic mass is 32.2. The molecule has 5 heteroatoms. The summed E-state index contributed by atoms with van der Waals surface area (Å²) in [7, 11) is 0. The zero-order valence-corrected chi connectivity index (χ0v) is 8.77.